The number of nitrogens with one attached hydrogen (secondary N) is 1. The lowest BCUT2D eigenvalue weighted by Crippen LogP contribution is -2.46. The van der Waals surface area contributed by atoms with E-state index in [0.717, 1.165) is 5.56 Å². The van der Waals surface area contributed by atoms with E-state index in [1.807, 2.05) is 13.0 Å². The number of aryl methyl sites for hydroxylation is 1. The molecule has 2 aromatic rings. The SMILES string of the molecule is COc1ccccc1[C@H](NS(=O)(=O)c1ccc(C)cc1)[C@@H](C)C(=O)N1CCOCC1. The predicted octanol–water partition coefficient (Wildman–Crippen LogP) is 2.52. The highest BCUT2D eigenvalue weighted by atomic mass is 32.2. The van der Waals surface area contributed by atoms with Crippen LogP contribution < -0.4 is 9.46 Å². The fraction of sp³-hybridized carbons (Fsp3) is 0.409. The van der Waals surface area contributed by atoms with Crippen molar-refractivity contribution in [2.75, 3.05) is 33.4 Å². The molecule has 1 fully saturated rings. The van der Waals surface area contributed by atoms with Crippen molar-refractivity contribution in [1.29, 1.82) is 0 Å². The minimum atomic E-state index is -3.86. The summed E-state index contributed by atoms with van der Waals surface area (Å²) < 4.78 is 39.8. The molecule has 0 spiro atoms. The van der Waals surface area contributed by atoms with Gasteiger partial charge in [0.25, 0.3) is 0 Å². The van der Waals surface area contributed by atoms with Gasteiger partial charge in [-0.2, -0.15) is 0 Å². The van der Waals surface area contributed by atoms with Crippen LogP contribution >= 0.6 is 0 Å². The minimum absolute atomic E-state index is 0.124. The number of amides is 1. The van der Waals surface area contributed by atoms with Gasteiger partial charge in [0.1, 0.15) is 5.75 Å². The Morgan fingerprint density at radius 2 is 1.73 bits per heavy atom. The molecule has 0 saturated carbocycles. The summed E-state index contributed by atoms with van der Waals surface area (Å²) in [6.45, 7) is 5.58. The van der Waals surface area contributed by atoms with Crippen molar-refractivity contribution in [3.8, 4) is 5.75 Å². The van der Waals surface area contributed by atoms with Crippen LogP contribution in [0.4, 0.5) is 0 Å². The van der Waals surface area contributed by atoms with Crippen molar-refractivity contribution in [3.63, 3.8) is 0 Å². The van der Waals surface area contributed by atoms with Gasteiger partial charge in [0.05, 0.1) is 37.2 Å². The van der Waals surface area contributed by atoms with E-state index in [4.69, 9.17) is 9.47 Å². The number of benzene rings is 2. The Kier molecular flexibility index (Phi) is 7.12. The van der Waals surface area contributed by atoms with E-state index in [2.05, 4.69) is 4.72 Å². The number of sulfonamides is 1. The average Bonchev–Trinajstić information content (AvgIpc) is 2.77. The van der Waals surface area contributed by atoms with Crippen LogP contribution in [0.3, 0.4) is 0 Å². The molecule has 2 aromatic carbocycles. The zero-order chi connectivity index (χ0) is 21.7. The number of hydrogen-bond acceptors (Lipinski definition) is 5. The third-order valence-electron chi connectivity index (χ3n) is 5.30. The maximum Gasteiger partial charge on any atom is 0.241 e. The van der Waals surface area contributed by atoms with E-state index in [0.29, 0.717) is 37.6 Å². The molecule has 0 unspecified atom stereocenters. The molecule has 3 rings (SSSR count). The highest BCUT2D eigenvalue weighted by molar-refractivity contribution is 7.89. The minimum Gasteiger partial charge on any atom is -0.496 e. The Morgan fingerprint density at radius 3 is 2.37 bits per heavy atom. The lowest BCUT2D eigenvalue weighted by Gasteiger charge is -2.33. The van der Waals surface area contributed by atoms with Gasteiger partial charge in [-0.05, 0) is 25.1 Å². The van der Waals surface area contributed by atoms with Crippen LogP contribution in [0, 0.1) is 12.8 Å². The molecular formula is C22H28N2O5S. The van der Waals surface area contributed by atoms with Crippen LogP contribution in [-0.4, -0.2) is 52.6 Å². The molecule has 1 saturated heterocycles. The summed E-state index contributed by atoms with van der Waals surface area (Å²) in [6, 6.07) is 13.0. The summed E-state index contributed by atoms with van der Waals surface area (Å²) in [5, 5.41) is 0. The third kappa shape index (κ3) is 5.00. The van der Waals surface area contributed by atoms with Gasteiger partial charge in [-0.3, -0.25) is 4.79 Å². The van der Waals surface area contributed by atoms with Crippen LogP contribution in [0.5, 0.6) is 5.75 Å². The largest absolute Gasteiger partial charge is 0.496 e. The topological polar surface area (TPSA) is 84.9 Å². The predicted molar refractivity (Wildman–Crippen MR) is 114 cm³/mol. The first-order valence-electron chi connectivity index (χ1n) is 9.92. The summed E-state index contributed by atoms with van der Waals surface area (Å²) in [6.07, 6.45) is 0. The van der Waals surface area contributed by atoms with E-state index in [1.54, 1.807) is 54.3 Å². The van der Waals surface area contributed by atoms with Crippen molar-refractivity contribution >= 4 is 15.9 Å². The number of methoxy groups -OCH3 is 1. The quantitative estimate of drug-likeness (QED) is 0.727. The molecule has 162 valence electrons. The number of carbonyl (C=O) groups excluding carboxylic acids is 1. The Balaban J connectivity index is 1.96. The fourth-order valence-electron chi connectivity index (χ4n) is 3.53. The van der Waals surface area contributed by atoms with E-state index in [9.17, 15) is 13.2 Å². The van der Waals surface area contributed by atoms with Crippen LogP contribution in [0.1, 0.15) is 24.1 Å². The molecule has 0 aliphatic carbocycles. The highest BCUT2D eigenvalue weighted by Crippen LogP contribution is 2.32. The van der Waals surface area contributed by atoms with Gasteiger partial charge in [-0.15, -0.1) is 0 Å². The third-order valence-corrected chi connectivity index (χ3v) is 6.76. The first-order valence-corrected chi connectivity index (χ1v) is 11.4. The van der Waals surface area contributed by atoms with Crippen molar-refractivity contribution in [3.05, 3.63) is 59.7 Å². The second-order valence-corrected chi connectivity index (χ2v) is 9.09. The average molecular weight is 433 g/mol. The number of ether oxygens (including phenoxy) is 2. The van der Waals surface area contributed by atoms with Gasteiger partial charge in [0, 0.05) is 18.7 Å². The molecule has 7 nitrogen and oxygen atoms in total. The smallest absolute Gasteiger partial charge is 0.241 e. The van der Waals surface area contributed by atoms with E-state index >= 15 is 0 Å². The van der Waals surface area contributed by atoms with Gasteiger partial charge < -0.3 is 14.4 Å². The Bertz CT molecular complexity index is 969. The molecule has 2 atom stereocenters. The number of nitrogens with zero attached hydrogens (tertiary/aromatic N) is 1. The summed E-state index contributed by atoms with van der Waals surface area (Å²) in [7, 11) is -2.33. The van der Waals surface area contributed by atoms with E-state index in [-0.39, 0.29) is 10.8 Å². The molecule has 1 aliphatic rings. The molecule has 0 radical (unpaired) electrons. The van der Waals surface area contributed by atoms with Crippen LogP contribution in [0.15, 0.2) is 53.4 Å². The van der Waals surface area contributed by atoms with Crippen molar-refractivity contribution in [2.24, 2.45) is 5.92 Å². The first kappa shape index (κ1) is 22.3. The normalized spacial score (nSPS) is 16.7. The number of morpholine rings is 1. The Labute approximate surface area is 178 Å². The van der Waals surface area contributed by atoms with Gasteiger partial charge >= 0.3 is 0 Å². The van der Waals surface area contributed by atoms with Crippen LogP contribution in [0.2, 0.25) is 0 Å². The highest BCUT2D eigenvalue weighted by Gasteiger charge is 2.34. The number of hydrogen-bond donors (Lipinski definition) is 1. The molecular weight excluding hydrogens is 404 g/mol. The fourth-order valence-corrected chi connectivity index (χ4v) is 4.82. The monoisotopic (exact) mass is 432 g/mol. The summed E-state index contributed by atoms with van der Waals surface area (Å²) in [5.41, 5.74) is 1.58. The van der Waals surface area contributed by atoms with Crippen molar-refractivity contribution < 1.29 is 22.7 Å². The van der Waals surface area contributed by atoms with Gasteiger partial charge in [0.15, 0.2) is 0 Å². The van der Waals surface area contributed by atoms with Crippen molar-refractivity contribution in [2.45, 2.75) is 24.8 Å². The molecule has 0 bridgehead atoms. The molecule has 0 aromatic heterocycles. The summed E-state index contributed by atoms with van der Waals surface area (Å²) in [5.74, 6) is -0.240. The molecule has 8 heteroatoms. The zero-order valence-electron chi connectivity index (χ0n) is 17.5. The lowest BCUT2D eigenvalue weighted by atomic mass is 9.93. The van der Waals surface area contributed by atoms with Gasteiger partial charge in [-0.1, -0.05) is 42.8 Å². The molecule has 30 heavy (non-hydrogen) atoms. The molecule has 1 aliphatic heterocycles. The van der Waals surface area contributed by atoms with E-state index in [1.165, 1.54) is 7.11 Å². The lowest BCUT2D eigenvalue weighted by molar-refractivity contribution is -0.139. The van der Waals surface area contributed by atoms with Gasteiger partial charge in [0.2, 0.25) is 15.9 Å². The van der Waals surface area contributed by atoms with Gasteiger partial charge in [-0.25, -0.2) is 13.1 Å². The maximum absolute atomic E-state index is 13.2. The molecule has 1 N–H and O–H groups in total. The first-order chi connectivity index (χ1) is 14.3. The van der Waals surface area contributed by atoms with Crippen molar-refractivity contribution in [1.82, 2.24) is 9.62 Å². The maximum atomic E-state index is 13.2. The molecule has 1 heterocycles. The number of rotatable bonds is 7. The summed E-state index contributed by atoms with van der Waals surface area (Å²) >= 11 is 0. The number of para-hydroxylation sites is 1. The van der Waals surface area contributed by atoms with Crippen LogP contribution in [0.25, 0.3) is 0 Å². The van der Waals surface area contributed by atoms with E-state index < -0.39 is 22.0 Å². The standard InChI is InChI=1S/C22H28N2O5S/c1-16-8-10-18(11-9-16)30(26,27)23-21(19-6-4-5-7-20(19)28-3)17(2)22(25)24-12-14-29-15-13-24/h4-11,17,21,23H,12-15H2,1-3H3/t17-,21-/m1/s1. The zero-order valence-corrected chi connectivity index (χ0v) is 18.3. The second-order valence-electron chi connectivity index (χ2n) is 7.38. The summed E-state index contributed by atoms with van der Waals surface area (Å²) in [4.78, 5) is 15.0. The molecule has 1 amide bonds. The second kappa shape index (κ2) is 9.59. The number of carbonyl (C=O) groups is 1. The Morgan fingerprint density at radius 1 is 1.10 bits per heavy atom. The Hall–Kier alpha value is -2.42. The van der Waals surface area contributed by atoms with Crippen LogP contribution in [-0.2, 0) is 19.6 Å².